The van der Waals surface area contributed by atoms with E-state index in [1.54, 1.807) is 0 Å². The van der Waals surface area contributed by atoms with E-state index in [2.05, 4.69) is 39.2 Å². The Morgan fingerprint density at radius 1 is 1.50 bits per heavy atom. The monoisotopic (exact) mass is 275 g/mol. The van der Waals surface area contributed by atoms with Gasteiger partial charge in [-0.25, -0.2) is 0 Å². The van der Waals surface area contributed by atoms with E-state index in [4.69, 9.17) is 4.43 Å². The summed E-state index contributed by atoms with van der Waals surface area (Å²) in [6, 6.07) is 0. The largest absolute Gasteiger partial charge is 0.480 e. The second kappa shape index (κ2) is 4.92. The molecule has 0 aliphatic carbocycles. The Bertz CT molecular complexity index is 327. The zero-order valence-electron chi connectivity index (χ0n) is 11.9. The van der Waals surface area contributed by atoms with Gasteiger partial charge < -0.3 is 14.6 Å². The minimum absolute atomic E-state index is 0.0455. The summed E-state index contributed by atoms with van der Waals surface area (Å²) in [4.78, 5) is 11.4. The molecule has 1 rings (SSSR count). The summed E-state index contributed by atoms with van der Waals surface area (Å²) in [5.41, 5.74) is -1.13. The molecule has 0 amide bonds. The molecule has 5 nitrogen and oxygen atoms in total. The summed E-state index contributed by atoms with van der Waals surface area (Å²) in [7, 11) is -1.97. The van der Waals surface area contributed by atoms with E-state index in [9.17, 15) is 15.0 Å². The van der Waals surface area contributed by atoms with Crippen molar-refractivity contribution in [1.29, 1.82) is 0 Å². The molecule has 1 saturated heterocycles. The van der Waals surface area contributed by atoms with E-state index >= 15 is 0 Å². The minimum atomic E-state index is -1.97. The molecule has 2 atom stereocenters. The molecule has 106 valence electrons. The number of carboxylic acids is 1. The van der Waals surface area contributed by atoms with Gasteiger partial charge in [-0.3, -0.25) is 10.1 Å². The standard InChI is InChI=1S/C12H25NO4Si/c1-11(2,3)18(4,5)17-8-12(10(15)16)6-9(14)7-13-12/h9,13-14H,6-8H2,1-5H3,(H,15,16)/t9-,12+/m1/s1. The van der Waals surface area contributed by atoms with Crippen LogP contribution in [0.15, 0.2) is 0 Å². The number of aliphatic hydroxyl groups excluding tert-OH is 1. The average Bonchev–Trinajstić information content (AvgIpc) is 2.57. The molecule has 0 bridgehead atoms. The van der Waals surface area contributed by atoms with Gasteiger partial charge in [0.05, 0.1) is 12.7 Å². The number of rotatable bonds is 4. The highest BCUT2D eigenvalue weighted by Crippen LogP contribution is 2.37. The molecule has 1 aliphatic heterocycles. The highest BCUT2D eigenvalue weighted by molar-refractivity contribution is 6.74. The summed E-state index contributed by atoms with van der Waals surface area (Å²) < 4.78 is 5.98. The van der Waals surface area contributed by atoms with Crippen LogP contribution in [0.5, 0.6) is 0 Å². The first-order valence-electron chi connectivity index (χ1n) is 6.31. The van der Waals surface area contributed by atoms with Gasteiger partial charge in [-0.15, -0.1) is 0 Å². The van der Waals surface area contributed by atoms with Gasteiger partial charge in [-0.05, 0) is 18.1 Å². The van der Waals surface area contributed by atoms with Crippen LogP contribution < -0.4 is 5.32 Å². The molecule has 0 spiro atoms. The van der Waals surface area contributed by atoms with Gasteiger partial charge in [0.1, 0.15) is 5.54 Å². The molecule has 0 aromatic carbocycles. The molecule has 0 aromatic rings. The van der Waals surface area contributed by atoms with Crippen LogP contribution in [0.25, 0.3) is 0 Å². The number of aliphatic hydroxyl groups is 1. The molecule has 1 fully saturated rings. The number of carboxylic acid groups (broad SMARTS) is 1. The van der Waals surface area contributed by atoms with Crippen LogP contribution in [0, 0.1) is 0 Å². The van der Waals surface area contributed by atoms with E-state index in [1.165, 1.54) is 0 Å². The lowest BCUT2D eigenvalue weighted by molar-refractivity contribution is -0.146. The van der Waals surface area contributed by atoms with Crippen molar-refractivity contribution < 1.29 is 19.4 Å². The van der Waals surface area contributed by atoms with Crippen molar-refractivity contribution in [3.05, 3.63) is 0 Å². The Labute approximate surface area is 110 Å². The molecule has 1 heterocycles. The van der Waals surface area contributed by atoms with Gasteiger partial charge in [0.15, 0.2) is 8.32 Å². The topological polar surface area (TPSA) is 78.8 Å². The van der Waals surface area contributed by atoms with Crippen LogP contribution in [0.3, 0.4) is 0 Å². The zero-order valence-corrected chi connectivity index (χ0v) is 12.9. The molecule has 0 aromatic heterocycles. The molecule has 0 saturated carbocycles. The lowest BCUT2D eigenvalue weighted by Crippen LogP contribution is -2.55. The number of hydrogen-bond donors (Lipinski definition) is 3. The highest BCUT2D eigenvalue weighted by atomic mass is 28.4. The van der Waals surface area contributed by atoms with Crippen molar-refractivity contribution in [2.75, 3.05) is 13.2 Å². The Hall–Kier alpha value is -0.433. The molecular formula is C12H25NO4Si. The first kappa shape index (κ1) is 15.6. The van der Waals surface area contributed by atoms with Crippen molar-refractivity contribution in [2.45, 2.75) is 57.0 Å². The van der Waals surface area contributed by atoms with Crippen molar-refractivity contribution in [2.24, 2.45) is 0 Å². The molecule has 18 heavy (non-hydrogen) atoms. The van der Waals surface area contributed by atoms with Crippen LogP contribution in [0.2, 0.25) is 18.1 Å². The average molecular weight is 275 g/mol. The summed E-state index contributed by atoms with van der Waals surface area (Å²) in [6.45, 7) is 11.0. The second-order valence-electron chi connectivity index (χ2n) is 6.68. The zero-order chi connectivity index (χ0) is 14.2. The smallest absolute Gasteiger partial charge is 0.326 e. The number of carbonyl (C=O) groups is 1. The predicted octanol–water partition coefficient (Wildman–Crippen LogP) is 1.19. The predicted molar refractivity (Wildman–Crippen MR) is 72.1 cm³/mol. The Morgan fingerprint density at radius 3 is 2.39 bits per heavy atom. The SMILES string of the molecule is CC(C)(C)[Si](C)(C)OC[C@]1(C(=O)O)C[C@@H](O)CN1. The fraction of sp³-hybridized carbons (Fsp3) is 0.917. The van der Waals surface area contributed by atoms with E-state index in [1.807, 2.05) is 0 Å². The molecular weight excluding hydrogens is 250 g/mol. The Morgan fingerprint density at radius 2 is 2.06 bits per heavy atom. The van der Waals surface area contributed by atoms with Crippen LogP contribution in [0.1, 0.15) is 27.2 Å². The van der Waals surface area contributed by atoms with E-state index < -0.39 is 25.9 Å². The summed E-state index contributed by atoms with van der Waals surface area (Å²) >= 11 is 0. The number of β-amino-alcohol motifs (C(OH)–C–C–N with tert-alkyl or cyclic N) is 1. The molecule has 3 N–H and O–H groups in total. The third-order valence-electron chi connectivity index (χ3n) is 4.16. The maximum Gasteiger partial charge on any atom is 0.326 e. The fourth-order valence-electron chi connectivity index (χ4n) is 1.71. The van der Waals surface area contributed by atoms with Gasteiger partial charge in [0, 0.05) is 13.0 Å². The van der Waals surface area contributed by atoms with Crippen molar-refractivity contribution in [1.82, 2.24) is 5.32 Å². The molecule has 6 heteroatoms. The highest BCUT2D eigenvalue weighted by Gasteiger charge is 2.48. The van der Waals surface area contributed by atoms with Crippen LogP contribution in [-0.4, -0.2) is 49.3 Å². The number of nitrogens with one attached hydrogen (secondary N) is 1. The van der Waals surface area contributed by atoms with Gasteiger partial charge in [0.25, 0.3) is 0 Å². The molecule has 0 unspecified atom stereocenters. The third-order valence-corrected chi connectivity index (χ3v) is 8.63. The van der Waals surface area contributed by atoms with E-state index in [0.29, 0.717) is 6.54 Å². The third kappa shape index (κ3) is 3.11. The summed E-state index contributed by atoms with van der Waals surface area (Å²) in [5, 5.41) is 21.8. The quantitative estimate of drug-likeness (QED) is 0.672. The first-order chi connectivity index (χ1) is 8.00. The van der Waals surface area contributed by atoms with Crippen molar-refractivity contribution in [3.63, 3.8) is 0 Å². The lowest BCUT2D eigenvalue weighted by atomic mass is 9.98. The number of hydrogen-bond acceptors (Lipinski definition) is 4. The van der Waals surface area contributed by atoms with Gasteiger partial charge >= 0.3 is 5.97 Å². The maximum atomic E-state index is 11.4. The Balaban J connectivity index is 2.74. The molecule has 1 aliphatic rings. The van der Waals surface area contributed by atoms with Crippen LogP contribution in [-0.2, 0) is 9.22 Å². The van der Waals surface area contributed by atoms with Crippen LogP contribution >= 0.6 is 0 Å². The molecule has 0 radical (unpaired) electrons. The lowest BCUT2D eigenvalue weighted by Gasteiger charge is -2.38. The summed E-state index contributed by atoms with van der Waals surface area (Å²) in [5.74, 6) is -0.947. The van der Waals surface area contributed by atoms with Gasteiger partial charge in [0.2, 0.25) is 0 Å². The fourth-order valence-corrected chi connectivity index (χ4v) is 2.75. The second-order valence-corrected chi connectivity index (χ2v) is 11.5. The summed E-state index contributed by atoms with van der Waals surface area (Å²) in [6.07, 6.45) is -0.402. The normalized spacial score (nSPS) is 29.6. The van der Waals surface area contributed by atoms with Crippen molar-refractivity contribution in [3.8, 4) is 0 Å². The van der Waals surface area contributed by atoms with E-state index in [0.717, 1.165) is 0 Å². The maximum absolute atomic E-state index is 11.4. The number of aliphatic carboxylic acids is 1. The van der Waals surface area contributed by atoms with E-state index in [-0.39, 0.29) is 18.1 Å². The minimum Gasteiger partial charge on any atom is -0.480 e. The first-order valence-corrected chi connectivity index (χ1v) is 9.21. The van der Waals surface area contributed by atoms with Gasteiger partial charge in [-0.2, -0.15) is 0 Å². The van der Waals surface area contributed by atoms with Crippen molar-refractivity contribution >= 4 is 14.3 Å². The Kier molecular flexibility index (Phi) is 4.27. The van der Waals surface area contributed by atoms with Crippen LogP contribution in [0.4, 0.5) is 0 Å². The van der Waals surface area contributed by atoms with Gasteiger partial charge in [-0.1, -0.05) is 20.8 Å².